The van der Waals surface area contributed by atoms with Gasteiger partial charge in [-0.2, -0.15) is 0 Å². The van der Waals surface area contributed by atoms with E-state index in [1.54, 1.807) is 0 Å². The van der Waals surface area contributed by atoms with E-state index in [1.807, 2.05) is 24.3 Å². The van der Waals surface area contributed by atoms with Gasteiger partial charge in [-0.05, 0) is 24.3 Å². The molecular formula is C17H36N2O3. The Morgan fingerprint density at radius 2 is 1.00 bits per heavy atom. The van der Waals surface area contributed by atoms with Gasteiger partial charge in [-0.1, -0.05) is 26.3 Å². The monoisotopic (exact) mass is 316 g/mol. The first-order valence-corrected chi connectivity index (χ1v) is 7.00. The average molecular weight is 316 g/mol. The zero-order chi connectivity index (χ0) is 16.1. The van der Waals surface area contributed by atoms with E-state index in [2.05, 4.69) is 47.5 Å². The summed E-state index contributed by atoms with van der Waals surface area (Å²) in [6, 6.07) is 0. The van der Waals surface area contributed by atoms with Crippen molar-refractivity contribution in [1.29, 1.82) is 0 Å². The molecule has 0 aliphatic heterocycles. The third-order valence-electron chi connectivity index (χ3n) is 2.84. The molecule has 0 fully saturated rings. The molecule has 0 saturated carbocycles. The van der Waals surface area contributed by atoms with Gasteiger partial charge >= 0.3 is 0 Å². The van der Waals surface area contributed by atoms with Crippen LogP contribution in [-0.2, 0) is 0 Å². The van der Waals surface area contributed by atoms with Crippen LogP contribution in [0.1, 0.15) is 0 Å². The van der Waals surface area contributed by atoms with E-state index in [0.29, 0.717) is 0 Å². The highest BCUT2D eigenvalue weighted by Gasteiger charge is 2.20. The van der Waals surface area contributed by atoms with Crippen molar-refractivity contribution in [3.63, 3.8) is 0 Å². The summed E-state index contributed by atoms with van der Waals surface area (Å²) in [6.45, 7) is 19.9. The molecule has 0 aromatic carbocycles. The van der Waals surface area contributed by atoms with Crippen molar-refractivity contribution >= 4 is 0 Å². The molecule has 0 aliphatic carbocycles. The van der Waals surface area contributed by atoms with Crippen LogP contribution >= 0.6 is 0 Å². The molecule has 0 unspecified atom stereocenters. The molecule has 0 aromatic rings. The lowest BCUT2D eigenvalue weighted by Gasteiger charge is -2.35. The van der Waals surface area contributed by atoms with Crippen molar-refractivity contribution in [3.05, 3.63) is 50.6 Å². The van der Waals surface area contributed by atoms with Gasteiger partial charge in [-0.25, -0.2) is 0 Å². The second-order valence-corrected chi connectivity index (χ2v) is 5.96. The Bertz CT molecular complexity index is 251. The molecule has 0 bridgehead atoms. The fraction of sp³-hybridized carbons (Fsp3) is 0.529. The number of aliphatic hydroxyl groups excluding tert-OH is 1. The van der Waals surface area contributed by atoms with Crippen molar-refractivity contribution < 1.29 is 25.0 Å². The first-order valence-electron chi connectivity index (χ1n) is 7.00. The Morgan fingerprint density at radius 3 is 1.09 bits per heavy atom. The quantitative estimate of drug-likeness (QED) is 0.493. The van der Waals surface area contributed by atoms with Gasteiger partial charge in [0.15, 0.2) is 0 Å². The molecule has 0 spiro atoms. The van der Waals surface area contributed by atoms with E-state index in [0.717, 1.165) is 41.7 Å². The van der Waals surface area contributed by atoms with Gasteiger partial charge in [0.1, 0.15) is 6.54 Å². The third kappa shape index (κ3) is 16.8. The second-order valence-electron chi connectivity index (χ2n) is 5.96. The third-order valence-corrected chi connectivity index (χ3v) is 2.84. The number of hydrogen-bond donors (Lipinski definition) is 1. The van der Waals surface area contributed by atoms with Gasteiger partial charge in [0.2, 0.25) is 0 Å². The Hall–Kier alpha value is -1.24. The molecule has 0 heterocycles. The zero-order valence-corrected chi connectivity index (χ0v) is 14.6. The van der Waals surface area contributed by atoms with Crippen molar-refractivity contribution in [2.75, 3.05) is 60.5 Å². The molecule has 132 valence electrons. The van der Waals surface area contributed by atoms with Gasteiger partial charge in [0.05, 0.1) is 53.9 Å². The Kier molecular flexibility index (Phi) is 21.2. The summed E-state index contributed by atoms with van der Waals surface area (Å²) in [5.74, 6) is 0. The van der Waals surface area contributed by atoms with Crippen molar-refractivity contribution in [3.8, 4) is 0 Å². The maximum Gasteiger partial charge on any atom is 0.101 e. The maximum absolute atomic E-state index is 8.39. The van der Waals surface area contributed by atoms with Crippen LogP contribution in [0.25, 0.3) is 0 Å². The molecule has 5 nitrogen and oxygen atoms in total. The second kappa shape index (κ2) is 16.1. The summed E-state index contributed by atoms with van der Waals surface area (Å²) in [6.07, 6.45) is 7.76. The molecule has 0 atom stereocenters. The van der Waals surface area contributed by atoms with Crippen LogP contribution < -0.4 is 0 Å². The number of likely N-dealkylation sites (N-methyl/N-ethyl adjacent to an activating group) is 1. The predicted molar refractivity (Wildman–Crippen MR) is 94.4 cm³/mol. The molecule has 0 aromatic heterocycles. The molecule has 0 rings (SSSR count). The largest absolute Gasteiger partial charge is 0.870 e. The van der Waals surface area contributed by atoms with E-state index in [-0.39, 0.29) is 17.6 Å². The zero-order valence-electron chi connectivity index (χ0n) is 14.6. The number of aliphatic hydroxyl groups is 1. The van der Waals surface area contributed by atoms with Gasteiger partial charge < -0.3 is 25.0 Å². The lowest BCUT2D eigenvalue weighted by Crippen LogP contribution is -2.48. The van der Waals surface area contributed by atoms with Gasteiger partial charge in [0.25, 0.3) is 0 Å². The summed E-state index contributed by atoms with van der Waals surface area (Å²) in [5.41, 5.74) is 0. The Labute approximate surface area is 137 Å². The molecule has 3 N–H and O–H groups in total. The lowest BCUT2D eigenvalue weighted by molar-refractivity contribution is -0.906. The molecule has 0 aliphatic rings. The minimum atomic E-state index is 0. The summed E-state index contributed by atoms with van der Waals surface area (Å²) in [4.78, 5) is 0. The minimum Gasteiger partial charge on any atom is -0.870 e. The van der Waals surface area contributed by atoms with Gasteiger partial charge in [-0.3, -0.25) is 0 Å². The van der Waals surface area contributed by atoms with E-state index < -0.39 is 0 Å². The number of quaternary nitrogens is 2. The first-order chi connectivity index (χ1) is 9.30. The van der Waals surface area contributed by atoms with E-state index in [4.69, 9.17) is 5.11 Å². The molecule has 0 amide bonds. The standard InChI is InChI=1S/C12H20N.C5H14NO.2H2O/c1-5-9-13(10-6-2,11-7-3)12-8-4;1-6(2,3)4-5-7;;/h5-8H,1-4,9-12H2;7H,4-5H2,1-3H3;2*1H2/q2*+1;;/p-2. The predicted octanol–water partition coefficient (Wildman–Crippen LogP) is 1.88. The van der Waals surface area contributed by atoms with E-state index >= 15 is 0 Å². The highest BCUT2D eigenvalue weighted by atomic mass is 16.3. The van der Waals surface area contributed by atoms with Crippen LogP contribution in [0.15, 0.2) is 50.6 Å². The SMILES string of the molecule is C=CC[N+](CC=C)(CC=C)CC=C.C[N+](C)(C)CCO.[OH-].[OH-]. The van der Waals surface area contributed by atoms with Crippen molar-refractivity contribution in [2.24, 2.45) is 0 Å². The number of hydrogen-bond acceptors (Lipinski definition) is 3. The molecule has 0 radical (unpaired) electrons. The number of rotatable bonds is 10. The summed E-state index contributed by atoms with van der Waals surface area (Å²) >= 11 is 0. The summed E-state index contributed by atoms with van der Waals surface area (Å²) in [5, 5.41) is 8.39. The molecular weight excluding hydrogens is 280 g/mol. The van der Waals surface area contributed by atoms with Crippen molar-refractivity contribution in [2.45, 2.75) is 0 Å². The molecule has 22 heavy (non-hydrogen) atoms. The lowest BCUT2D eigenvalue weighted by atomic mass is 10.3. The fourth-order valence-corrected chi connectivity index (χ4v) is 1.84. The van der Waals surface area contributed by atoms with Crippen LogP contribution in [0.5, 0.6) is 0 Å². The molecule has 5 heteroatoms. The smallest absolute Gasteiger partial charge is 0.101 e. The van der Waals surface area contributed by atoms with Crippen LogP contribution in [0, 0.1) is 0 Å². The maximum atomic E-state index is 8.39. The first kappa shape index (κ1) is 28.9. The summed E-state index contributed by atoms with van der Waals surface area (Å²) < 4.78 is 1.75. The summed E-state index contributed by atoms with van der Waals surface area (Å²) in [7, 11) is 6.16. The van der Waals surface area contributed by atoms with Crippen LogP contribution in [0.2, 0.25) is 0 Å². The average Bonchev–Trinajstić information content (AvgIpc) is 2.29. The Balaban J connectivity index is -0.000000156. The fourth-order valence-electron chi connectivity index (χ4n) is 1.84. The van der Waals surface area contributed by atoms with Gasteiger partial charge in [0, 0.05) is 0 Å². The van der Waals surface area contributed by atoms with E-state index in [9.17, 15) is 0 Å². The highest BCUT2D eigenvalue weighted by Crippen LogP contribution is 2.07. The minimum absolute atomic E-state index is 0. The number of nitrogens with zero attached hydrogens (tertiary/aromatic N) is 2. The topological polar surface area (TPSA) is 80.2 Å². The van der Waals surface area contributed by atoms with E-state index in [1.165, 1.54) is 0 Å². The van der Waals surface area contributed by atoms with Crippen molar-refractivity contribution in [1.82, 2.24) is 0 Å². The molecule has 0 saturated heterocycles. The van der Waals surface area contributed by atoms with Crippen LogP contribution in [0.4, 0.5) is 0 Å². The van der Waals surface area contributed by atoms with Crippen LogP contribution in [0.3, 0.4) is 0 Å². The van der Waals surface area contributed by atoms with Gasteiger partial charge in [-0.15, -0.1) is 0 Å². The van der Waals surface area contributed by atoms with Crippen LogP contribution in [-0.4, -0.2) is 85.5 Å². The Morgan fingerprint density at radius 1 is 0.727 bits per heavy atom. The normalized spacial score (nSPS) is 10.0. The highest BCUT2D eigenvalue weighted by molar-refractivity contribution is 4.79.